The maximum atomic E-state index is 11.9. The minimum atomic E-state index is -0.999. The van der Waals surface area contributed by atoms with E-state index in [1.807, 2.05) is 13.8 Å². The number of hydrogen-bond donors (Lipinski definition) is 2. The second kappa shape index (κ2) is 7.27. The molecule has 0 spiro atoms. The molecule has 0 saturated carbocycles. The molecule has 0 heterocycles. The average molecular weight is 245 g/mol. The third kappa shape index (κ3) is 4.73. The summed E-state index contributed by atoms with van der Waals surface area (Å²) < 4.78 is 5.13. The lowest BCUT2D eigenvalue weighted by atomic mass is 10.0. The van der Waals surface area contributed by atoms with Crippen LogP contribution < -0.4 is 5.32 Å². The molecule has 0 aromatic rings. The number of unbranched alkanes of at least 4 members (excludes halogenated alkanes) is 1. The summed E-state index contributed by atoms with van der Waals surface area (Å²) in [6.45, 7) is 5.46. The first-order chi connectivity index (χ1) is 7.91. The van der Waals surface area contributed by atoms with Crippen molar-refractivity contribution in [3.63, 3.8) is 0 Å². The normalized spacial score (nSPS) is 16.0. The van der Waals surface area contributed by atoms with E-state index in [4.69, 9.17) is 9.84 Å². The molecular formula is C12H23NO4. The van der Waals surface area contributed by atoms with Gasteiger partial charge in [0, 0.05) is 7.11 Å². The topological polar surface area (TPSA) is 75.6 Å². The molecule has 0 rings (SSSR count). The van der Waals surface area contributed by atoms with Crippen molar-refractivity contribution in [1.82, 2.24) is 5.32 Å². The van der Waals surface area contributed by atoms with E-state index in [2.05, 4.69) is 5.32 Å². The zero-order valence-electron chi connectivity index (χ0n) is 11.1. The lowest BCUT2D eigenvalue weighted by Gasteiger charge is -2.27. The number of carbonyl (C=O) groups excluding carboxylic acids is 1. The number of hydrogen-bond acceptors (Lipinski definition) is 3. The zero-order valence-corrected chi connectivity index (χ0v) is 11.1. The fraction of sp³-hybridized carbons (Fsp3) is 0.833. The molecule has 0 aromatic heterocycles. The SMILES string of the molecule is CCCC[C@H](NC(=O)C(C)(CC)OC)C(=O)O. The van der Waals surface area contributed by atoms with Crippen LogP contribution >= 0.6 is 0 Å². The number of methoxy groups -OCH3 is 1. The molecule has 0 saturated heterocycles. The van der Waals surface area contributed by atoms with Gasteiger partial charge in [0.05, 0.1) is 0 Å². The number of nitrogens with one attached hydrogen (secondary N) is 1. The van der Waals surface area contributed by atoms with E-state index < -0.39 is 17.6 Å². The summed E-state index contributed by atoms with van der Waals surface area (Å²) in [7, 11) is 1.45. The van der Waals surface area contributed by atoms with Crippen LogP contribution in [-0.4, -0.2) is 35.7 Å². The first kappa shape index (κ1) is 15.9. The Labute approximate surface area is 103 Å². The molecule has 0 fully saturated rings. The van der Waals surface area contributed by atoms with Gasteiger partial charge < -0.3 is 15.2 Å². The molecule has 0 aliphatic carbocycles. The number of carbonyl (C=O) groups is 2. The lowest BCUT2D eigenvalue weighted by molar-refractivity contribution is -0.148. The van der Waals surface area contributed by atoms with E-state index in [-0.39, 0.29) is 5.91 Å². The predicted molar refractivity (Wildman–Crippen MR) is 64.8 cm³/mol. The quantitative estimate of drug-likeness (QED) is 0.680. The van der Waals surface area contributed by atoms with Gasteiger partial charge in [-0.3, -0.25) is 4.79 Å². The van der Waals surface area contributed by atoms with Crippen LogP contribution in [0.1, 0.15) is 46.5 Å². The highest BCUT2D eigenvalue weighted by Crippen LogP contribution is 2.15. The molecule has 0 aromatic carbocycles. The molecule has 5 heteroatoms. The molecule has 2 atom stereocenters. The summed E-state index contributed by atoms with van der Waals surface area (Å²) in [5.41, 5.74) is -0.958. The Morgan fingerprint density at radius 1 is 1.41 bits per heavy atom. The Morgan fingerprint density at radius 2 is 2.00 bits per heavy atom. The van der Waals surface area contributed by atoms with Crippen LogP contribution in [0.2, 0.25) is 0 Å². The predicted octanol–water partition coefficient (Wildman–Crippen LogP) is 1.56. The third-order valence-electron chi connectivity index (χ3n) is 3.06. The number of amides is 1. The Kier molecular flexibility index (Phi) is 6.80. The second-order valence-corrected chi connectivity index (χ2v) is 4.30. The molecule has 0 aliphatic rings. The van der Waals surface area contributed by atoms with Gasteiger partial charge in [0.2, 0.25) is 0 Å². The maximum Gasteiger partial charge on any atom is 0.326 e. The molecule has 1 amide bonds. The molecule has 2 N–H and O–H groups in total. The van der Waals surface area contributed by atoms with Crippen molar-refractivity contribution in [2.24, 2.45) is 0 Å². The van der Waals surface area contributed by atoms with Crippen molar-refractivity contribution in [2.75, 3.05) is 7.11 Å². The third-order valence-corrected chi connectivity index (χ3v) is 3.06. The van der Waals surface area contributed by atoms with E-state index in [0.29, 0.717) is 12.8 Å². The van der Waals surface area contributed by atoms with Gasteiger partial charge in [-0.25, -0.2) is 4.79 Å². The van der Waals surface area contributed by atoms with Gasteiger partial charge in [0.15, 0.2) is 0 Å². The van der Waals surface area contributed by atoms with E-state index in [1.165, 1.54) is 7.11 Å². The summed E-state index contributed by atoms with van der Waals surface area (Å²) in [6, 6.07) is -0.830. The highest BCUT2D eigenvalue weighted by atomic mass is 16.5. The van der Waals surface area contributed by atoms with Crippen LogP contribution in [0, 0.1) is 0 Å². The molecule has 17 heavy (non-hydrogen) atoms. The van der Waals surface area contributed by atoms with E-state index in [0.717, 1.165) is 12.8 Å². The van der Waals surface area contributed by atoms with Crippen molar-refractivity contribution >= 4 is 11.9 Å². The Morgan fingerprint density at radius 3 is 2.35 bits per heavy atom. The number of aliphatic carboxylic acids is 1. The van der Waals surface area contributed by atoms with Crippen LogP contribution in [0.15, 0.2) is 0 Å². The van der Waals surface area contributed by atoms with E-state index in [1.54, 1.807) is 6.92 Å². The van der Waals surface area contributed by atoms with Gasteiger partial charge in [0.25, 0.3) is 5.91 Å². The minimum Gasteiger partial charge on any atom is -0.480 e. The molecular weight excluding hydrogens is 222 g/mol. The fourth-order valence-corrected chi connectivity index (χ4v) is 1.37. The van der Waals surface area contributed by atoms with Crippen LogP contribution in [0.5, 0.6) is 0 Å². The Bertz CT molecular complexity index is 261. The average Bonchev–Trinajstić information content (AvgIpc) is 2.32. The van der Waals surface area contributed by atoms with Gasteiger partial charge in [-0.1, -0.05) is 26.7 Å². The molecule has 0 radical (unpaired) electrons. The van der Waals surface area contributed by atoms with Crippen molar-refractivity contribution < 1.29 is 19.4 Å². The first-order valence-corrected chi connectivity index (χ1v) is 6.00. The second-order valence-electron chi connectivity index (χ2n) is 4.30. The summed E-state index contributed by atoms with van der Waals surface area (Å²) in [6.07, 6.45) is 2.61. The van der Waals surface area contributed by atoms with Crippen LogP contribution in [0.4, 0.5) is 0 Å². The van der Waals surface area contributed by atoms with Crippen molar-refractivity contribution in [2.45, 2.75) is 58.1 Å². The number of carboxylic acid groups (broad SMARTS) is 1. The number of rotatable bonds is 8. The highest BCUT2D eigenvalue weighted by Gasteiger charge is 2.33. The summed E-state index contributed by atoms with van der Waals surface area (Å²) >= 11 is 0. The van der Waals surface area contributed by atoms with Crippen LogP contribution in [0.3, 0.4) is 0 Å². The van der Waals surface area contributed by atoms with Gasteiger partial charge in [0.1, 0.15) is 11.6 Å². The highest BCUT2D eigenvalue weighted by molar-refractivity contribution is 5.88. The zero-order chi connectivity index (χ0) is 13.5. The Balaban J connectivity index is 4.54. The fourth-order valence-electron chi connectivity index (χ4n) is 1.37. The van der Waals surface area contributed by atoms with Gasteiger partial charge >= 0.3 is 5.97 Å². The van der Waals surface area contributed by atoms with E-state index >= 15 is 0 Å². The summed E-state index contributed by atoms with van der Waals surface area (Å²) in [4.78, 5) is 22.9. The molecule has 0 aliphatic heterocycles. The molecule has 100 valence electrons. The van der Waals surface area contributed by atoms with Gasteiger partial charge in [-0.15, -0.1) is 0 Å². The summed E-state index contributed by atoms with van der Waals surface area (Å²) in [5.74, 6) is -1.37. The van der Waals surface area contributed by atoms with Gasteiger partial charge in [-0.2, -0.15) is 0 Å². The lowest BCUT2D eigenvalue weighted by Crippen LogP contribution is -2.51. The maximum absolute atomic E-state index is 11.9. The van der Waals surface area contributed by atoms with Crippen molar-refractivity contribution in [1.29, 1.82) is 0 Å². The minimum absolute atomic E-state index is 0.369. The number of ether oxygens (including phenoxy) is 1. The first-order valence-electron chi connectivity index (χ1n) is 6.00. The largest absolute Gasteiger partial charge is 0.480 e. The Hall–Kier alpha value is -1.10. The smallest absolute Gasteiger partial charge is 0.326 e. The van der Waals surface area contributed by atoms with Crippen molar-refractivity contribution in [3.05, 3.63) is 0 Å². The molecule has 5 nitrogen and oxygen atoms in total. The van der Waals surface area contributed by atoms with E-state index in [9.17, 15) is 9.59 Å². The van der Waals surface area contributed by atoms with Gasteiger partial charge in [-0.05, 0) is 19.8 Å². The monoisotopic (exact) mass is 245 g/mol. The number of carboxylic acids is 1. The van der Waals surface area contributed by atoms with Crippen LogP contribution in [-0.2, 0) is 14.3 Å². The van der Waals surface area contributed by atoms with Crippen LogP contribution in [0.25, 0.3) is 0 Å². The summed E-state index contributed by atoms with van der Waals surface area (Å²) in [5, 5.41) is 11.5. The standard InChI is InChI=1S/C12H23NO4/c1-5-7-8-9(10(14)15)13-11(16)12(3,6-2)17-4/h9H,5-8H2,1-4H3,(H,13,16)(H,14,15)/t9-,12?/m0/s1. The molecule has 0 bridgehead atoms. The molecule has 1 unspecified atom stereocenters. The van der Waals surface area contributed by atoms with Crippen molar-refractivity contribution in [3.8, 4) is 0 Å².